The monoisotopic (exact) mass is 294 g/mol. The van der Waals surface area contributed by atoms with Crippen LogP contribution in [0.2, 0.25) is 0 Å². The van der Waals surface area contributed by atoms with E-state index in [2.05, 4.69) is 31.3 Å². The average molecular weight is 295 g/mol. The summed E-state index contributed by atoms with van der Waals surface area (Å²) in [6.45, 7) is 0.328. The van der Waals surface area contributed by atoms with Crippen molar-refractivity contribution >= 4 is 21.7 Å². The highest BCUT2D eigenvalue weighted by atomic mass is 79.9. The summed E-state index contributed by atoms with van der Waals surface area (Å²) in [5.74, 6) is 0.0540. The van der Waals surface area contributed by atoms with Crippen LogP contribution >= 0.6 is 15.9 Å². The van der Waals surface area contributed by atoms with Gasteiger partial charge in [-0.25, -0.2) is 9.67 Å². The van der Waals surface area contributed by atoms with Crippen molar-refractivity contribution in [1.29, 1.82) is 0 Å². The van der Waals surface area contributed by atoms with Crippen molar-refractivity contribution in [2.24, 2.45) is 0 Å². The Hall–Kier alpha value is -1.53. The molecule has 0 saturated carbocycles. The van der Waals surface area contributed by atoms with E-state index in [1.165, 1.54) is 6.33 Å². The van der Waals surface area contributed by atoms with Gasteiger partial charge in [0.15, 0.2) is 5.78 Å². The molecule has 0 aliphatic rings. The molecule has 6 heteroatoms. The highest BCUT2D eigenvalue weighted by Gasteiger charge is 2.09. The van der Waals surface area contributed by atoms with Gasteiger partial charge in [-0.2, -0.15) is 5.10 Å². The maximum absolute atomic E-state index is 11.7. The standard InChI is InChI=1S/C11H11BrN4O/c1-13-5-11(17)8-2-3-10(9(12)4-8)16-7-14-6-15-16/h2-4,6-7,13H,5H2,1H3. The molecule has 5 nitrogen and oxygen atoms in total. The Morgan fingerprint density at radius 3 is 2.94 bits per heavy atom. The molecular formula is C11H11BrN4O. The topological polar surface area (TPSA) is 59.8 Å². The number of Topliss-reactive ketones (excluding diaryl/α,β-unsaturated/α-hetero) is 1. The number of likely N-dealkylation sites (N-methyl/N-ethyl adjacent to an activating group) is 1. The van der Waals surface area contributed by atoms with E-state index in [-0.39, 0.29) is 5.78 Å². The molecule has 1 heterocycles. The fourth-order valence-corrected chi connectivity index (χ4v) is 2.02. The van der Waals surface area contributed by atoms with Gasteiger partial charge in [0.2, 0.25) is 0 Å². The van der Waals surface area contributed by atoms with Gasteiger partial charge in [-0.15, -0.1) is 0 Å². The first-order chi connectivity index (χ1) is 8.22. The summed E-state index contributed by atoms with van der Waals surface area (Å²) in [6, 6.07) is 5.40. The maximum Gasteiger partial charge on any atom is 0.176 e. The molecule has 17 heavy (non-hydrogen) atoms. The Labute approximate surface area is 107 Å². The first kappa shape index (κ1) is 11.9. The largest absolute Gasteiger partial charge is 0.313 e. The van der Waals surface area contributed by atoms with Crippen LogP contribution in [0, 0.1) is 0 Å². The lowest BCUT2D eigenvalue weighted by Crippen LogP contribution is -2.18. The van der Waals surface area contributed by atoms with Crippen molar-refractivity contribution in [2.75, 3.05) is 13.6 Å². The minimum absolute atomic E-state index is 0.0540. The van der Waals surface area contributed by atoms with Crippen molar-refractivity contribution in [3.8, 4) is 5.69 Å². The number of ketones is 1. The first-order valence-corrected chi connectivity index (χ1v) is 5.84. The molecule has 0 fully saturated rings. The smallest absolute Gasteiger partial charge is 0.176 e. The van der Waals surface area contributed by atoms with Gasteiger partial charge in [0.1, 0.15) is 12.7 Å². The lowest BCUT2D eigenvalue weighted by atomic mass is 10.1. The molecular weight excluding hydrogens is 284 g/mol. The van der Waals surface area contributed by atoms with Gasteiger partial charge >= 0.3 is 0 Å². The number of benzene rings is 1. The predicted octanol–water partition coefficient (Wildman–Crippen LogP) is 1.43. The van der Waals surface area contributed by atoms with Crippen molar-refractivity contribution in [3.05, 3.63) is 40.9 Å². The first-order valence-electron chi connectivity index (χ1n) is 5.04. The second-order valence-corrected chi connectivity index (χ2v) is 4.31. The molecule has 0 bridgehead atoms. The third kappa shape index (κ3) is 2.59. The Kier molecular flexibility index (Phi) is 3.65. The summed E-state index contributed by atoms with van der Waals surface area (Å²) in [5, 5.41) is 6.87. The van der Waals surface area contributed by atoms with E-state index in [1.54, 1.807) is 30.2 Å². The zero-order valence-corrected chi connectivity index (χ0v) is 10.8. The van der Waals surface area contributed by atoms with Crippen LogP contribution in [-0.4, -0.2) is 34.1 Å². The fourth-order valence-electron chi connectivity index (χ4n) is 1.46. The number of hydrogen-bond acceptors (Lipinski definition) is 4. The van der Waals surface area contributed by atoms with E-state index >= 15 is 0 Å². The highest BCUT2D eigenvalue weighted by molar-refractivity contribution is 9.10. The molecule has 1 aromatic heterocycles. The Bertz CT molecular complexity index is 524. The van der Waals surface area contributed by atoms with Crippen LogP contribution in [0.1, 0.15) is 10.4 Å². The van der Waals surface area contributed by atoms with Crippen LogP contribution in [0.25, 0.3) is 5.69 Å². The van der Waals surface area contributed by atoms with Crippen LogP contribution in [0.4, 0.5) is 0 Å². The van der Waals surface area contributed by atoms with Crippen LogP contribution < -0.4 is 5.32 Å². The number of carbonyl (C=O) groups excluding carboxylic acids is 1. The van der Waals surface area contributed by atoms with E-state index in [4.69, 9.17) is 0 Å². The van der Waals surface area contributed by atoms with Crippen molar-refractivity contribution < 1.29 is 4.79 Å². The summed E-state index contributed by atoms with van der Waals surface area (Å²) < 4.78 is 2.45. The normalized spacial score (nSPS) is 10.5. The maximum atomic E-state index is 11.7. The summed E-state index contributed by atoms with van der Waals surface area (Å²) >= 11 is 3.43. The molecule has 0 radical (unpaired) electrons. The van der Waals surface area contributed by atoms with E-state index in [0.717, 1.165) is 10.2 Å². The number of rotatable bonds is 4. The molecule has 0 atom stereocenters. The third-order valence-electron chi connectivity index (χ3n) is 2.27. The second kappa shape index (κ2) is 5.20. The van der Waals surface area contributed by atoms with Crippen LogP contribution in [0.5, 0.6) is 0 Å². The van der Waals surface area contributed by atoms with Gasteiger partial charge < -0.3 is 5.32 Å². The molecule has 0 spiro atoms. The van der Waals surface area contributed by atoms with Crippen LogP contribution in [0.15, 0.2) is 35.3 Å². The zero-order valence-electron chi connectivity index (χ0n) is 9.22. The number of halogens is 1. The van der Waals surface area contributed by atoms with Crippen molar-refractivity contribution in [3.63, 3.8) is 0 Å². The molecule has 1 aromatic carbocycles. The van der Waals surface area contributed by atoms with E-state index in [1.807, 2.05) is 6.07 Å². The van der Waals surface area contributed by atoms with E-state index in [0.29, 0.717) is 12.1 Å². The molecule has 88 valence electrons. The summed E-state index contributed by atoms with van der Waals surface area (Å²) in [5.41, 5.74) is 1.51. The SMILES string of the molecule is CNCC(=O)c1ccc(-n2cncn2)c(Br)c1. The van der Waals surface area contributed by atoms with E-state index < -0.39 is 0 Å². The van der Waals surface area contributed by atoms with Gasteiger partial charge in [-0.1, -0.05) is 0 Å². The van der Waals surface area contributed by atoms with E-state index in [9.17, 15) is 4.79 Å². The lowest BCUT2D eigenvalue weighted by molar-refractivity contribution is 0.0993. The molecule has 2 rings (SSSR count). The fraction of sp³-hybridized carbons (Fsp3) is 0.182. The lowest BCUT2D eigenvalue weighted by Gasteiger charge is -2.06. The van der Waals surface area contributed by atoms with Crippen molar-refractivity contribution in [2.45, 2.75) is 0 Å². The number of carbonyl (C=O) groups is 1. The summed E-state index contributed by atoms with van der Waals surface area (Å²) in [4.78, 5) is 15.6. The molecule has 1 N–H and O–H groups in total. The van der Waals surface area contributed by atoms with Gasteiger partial charge in [0.05, 0.1) is 12.2 Å². The molecule has 0 amide bonds. The Morgan fingerprint density at radius 2 is 2.35 bits per heavy atom. The molecule has 0 aliphatic carbocycles. The minimum atomic E-state index is 0.0540. The summed E-state index contributed by atoms with van der Waals surface area (Å²) in [7, 11) is 1.75. The molecule has 2 aromatic rings. The highest BCUT2D eigenvalue weighted by Crippen LogP contribution is 2.21. The number of hydrogen-bond donors (Lipinski definition) is 1. The average Bonchev–Trinajstić information content (AvgIpc) is 2.82. The van der Waals surface area contributed by atoms with Crippen LogP contribution in [0.3, 0.4) is 0 Å². The molecule has 0 unspecified atom stereocenters. The van der Waals surface area contributed by atoms with Gasteiger partial charge in [-0.05, 0) is 41.2 Å². The number of nitrogens with one attached hydrogen (secondary N) is 1. The minimum Gasteiger partial charge on any atom is -0.313 e. The van der Waals surface area contributed by atoms with Gasteiger partial charge in [0.25, 0.3) is 0 Å². The van der Waals surface area contributed by atoms with Gasteiger partial charge in [0, 0.05) is 10.0 Å². The quantitative estimate of drug-likeness (QED) is 0.867. The van der Waals surface area contributed by atoms with Crippen molar-refractivity contribution in [1.82, 2.24) is 20.1 Å². The Balaban J connectivity index is 2.32. The van der Waals surface area contributed by atoms with Crippen LogP contribution in [-0.2, 0) is 0 Å². The molecule has 0 saturated heterocycles. The van der Waals surface area contributed by atoms with Gasteiger partial charge in [-0.3, -0.25) is 4.79 Å². The summed E-state index contributed by atoms with van der Waals surface area (Å²) in [6.07, 6.45) is 3.07. The number of nitrogens with zero attached hydrogens (tertiary/aromatic N) is 3. The zero-order chi connectivity index (χ0) is 12.3. The Morgan fingerprint density at radius 1 is 1.53 bits per heavy atom. The third-order valence-corrected chi connectivity index (χ3v) is 2.91. The molecule has 0 aliphatic heterocycles. The predicted molar refractivity (Wildman–Crippen MR) is 67.3 cm³/mol. The number of aromatic nitrogens is 3. The second-order valence-electron chi connectivity index (χ2n) is 3.46.